The molecule has 1 aromatic rings. The van der Waals surface area contributed by atoms with E-state index in [1.807, 2.05) is 0 Å². The summed E-state index contributed by atoms with van der Waals surface area (Å²) >= 11 is 0. The molecule has 26 heavy (non-hydrogen) atoms. The Morgan fingerprint density at radius 3 is 2.58 bits per heavy atom. The van der Waals surface area contributed by atoms with Gasteiger partial charge in [0.25, 0.3) is 0 Å². The Morgan fingerprint density at radius 1 is 1.23 bits per heavy atom. The van der Waals surface area contributed by atoms with Gasteiger partial charge in [-0.15, -0.1) is 0 Å². The van der Waals surface area contributed by atoms with Crippen LogP contribution in [0.4, 0.5) is 5.69 Å². The van der Waals surface area contributed by atoms with E-state index >= 15 is 0 Å². The van der Waals surface area contributed by atoms with Gasteiger partial charge in [0.15, 0.2) is 15.6 Å². The van der Waals surface area contributed by atoms with Crippen molar-refractivity contribution < 1.29 is 22.8 Å². The summed E-state index contributed by atoms with van der Waals surface area (Å²) in [6, 6.07) is 6.76. The van der Waals surface area contributed by atoms with Gasteiger partial charge in [0.2, 0.25) is 11.8 Å². The Balaban J connectivity index is 1.62. The second-order valence-electron chi connectivity index (χ2n) is 7.99. The molecule has 1 saturated carbocycles. The van der Waals surface area contributed by atoms with Crippen molar-refractivity contribution in [3.8, 4) is 0 Å². The maximum Gasteiger partial charge on any atom is 0.229 e. The zero-order valence-corrected chi connectivity index (χ0v) is 15.4. The number of hydrogen-bond donors (Lipinski definition) is 2. The van der Waals surface area contributed by atoms with E-state index in [1.165, 1.54) is 0 Å². The van der Waals surface area contributed by atoms with Gasteiger partial charge in [-0.2, -0.15) is 0 Å². The van der Waals surface area contributed by atoms with E-state index in [0.29, 0.717) is 17.7 Å². The molecule has 0 aromatic heterocycles. The van der Waals surface area contributed by atoms with Crippen LogP contribution in [-0.2, 0) is 19.4 Å². The lowest BCUT2D eigenvalue weighted by molar-refractivity contribution is -0.126. The molecule has 7 nitrogen and oxygen atoms in total. The Hall–Kier alpha value is -2.22. The number of para-hydroxylation sites is 1. The van der Waals surface area contributed by atoms with Gasteiger partial charge in [-0.05, 0) is 25.5 Å². The molecule has 1 aliphatic carbocycles. The van der Waals surface area contributed by atoms with E-state index in [1.54, 1.807) is 38.1 Å². The van der Waals surface area contributed by atoms with Crippen LogP contribution < -0.4 is 10.6 Å². The molecule has 2 fully saturated rings. The summed E-state index contributed by atoms with van der Waals surface area (Å²) in [6.07, 6.45) is 0.331. The first-order chi connectivity index (χ1) is 12.1. The van der Waals surface area contributed by atoms with Crippen molar-refractivity contribution in [1.82, 2.24) is 5.32 Å². The molecular weight excluding hydrogens is 356 g/mol. The number of fused-ring (bicyclic) bond motifs is 2. The Bertz CT molecular complexity index is 956. The highest BCUT2D eigenvalue weighted by Crippen LogP contribution is 2.62. The predicted molar refractivity (Wildman–Crippen MR) is 94.3 cm³/mol. The first kappa shape index (κ1) is 17.2. The molecule has 2 unspecified atom stereocenters. The lowest BCUT2D eigenvalue weighted by Crippen LogP contribution is -2.48. The van der Waals surface area contributed by atoms with Crippen LogP contribution in [0.25, 0.3) is 0 Å². The summed E-state index contributed by atoms with van der Waals surface area (Å²) in [5.74, 6) is -2.64. The minimum Gasteiger partial charge on any atom is -0.350 e. The van der Waals surface area contributed by atoms with Crippen LogP contribution in [-0.4, -0.2) is 43.1 Å². The third-order valence-electron chi connectivity index (χ3n) is 5.93. The van der Waals surface area contributed by atoms with Crippen LogP contribution in [0.5, 0.6) is 0 Å². The van der Waals surface area contributed by atoms with Crippen molar-refractivity contribution in [2.24, 2.45) is 17.3 Å². The van der Waals surface area contributed by atoms with Gasteiger partial charge in [0.1, 0.15) is 0 Å². The maximum atomic E-state index is 13.0. The second kappa shape index (κ2) is 5.16. The fraction of sp³-hybridized carbons (Fsp3) is 0.500. The minimum absolute atomic E-state index is 0.0297. The van der Waals surface area contributed by atoms with Crippen molar-refractivity contribution in [1.29, 1.82) is 0 Å². The SMILES string of the molecule is CC1(NC(=O)[C@@H]2C3C(=O)Nc4ccccc4C(=O)[C@@]32C)CCS(=O)(=O)C1. The molecule has 1 aromatic carbocycles. The normalized spacial score (nSPS) is 37.2. The molecule has 8 heteroatoms. The lowest BCUT2D eigenvalue weighted by atomic mass is 9.92. The van der Waals surface area contributed by atoms with E-state index in [2.05, 4.69) is 10.6 Å². The number of rotatable bonds is 2. The predicted octanol–water partition coefficient (Wildman–Crippen LogP) is 0.767. The van der Waals surface area contributed by atoms with Crippen molar-refractivity contribution in [3.63, 3.8) is 0 Å². The number of nitrogens with one attached hydrogen (secondary N) is 2. The van der Waals surface area contributed by atoms with E-state index < -0.39 is 38.5 Å². The molecule has 2 heterocycles. The highest BCUT2D eigenvalue weighted by molar-refractivity contribution is 7.91. The Morgan fingerprint density at radius 2 is 1.92 bits per heavy atom. The fourth-order valence-electron chi connectivity index (χ4n) is 4.42. The standard InChI is InChI=1S/C18H20N2O5S/c1-17(7-8-26(24,25)9-17)20-16(23)13-12-15(22)19-11-6-4-3-5-10(11)14(21)18(12,13)2/h3-6,12-13H,7-9H2,1-2H3,(H,19,22)(H,20,23)/t12?,13-,17?,18-/m0/s1. The molecule has 2 amide bonds. The number of amides is 2. The van der Waals surface area contributed by atoms with Crippen molar-refractivity contribution in [3.05, 3.63) is 29.8 Å². The van der Waals surface area contributed by atoms with E-state index in [-0.39, 0.29) is 23.2 Å². The van der Waals surface area contributed by atoms with Gasteiger partial charge in [0, 0.05) is 5.56 Å². The molecule has 138 valence electrons. The third kappa shape index (κ3) is 2.39. The largest absolute Gasteiger partial charge is 0.350 e. The molecule has 4 rings (SSSR count). The van der Waals surface area contributed by atoms with Crippen LogP contribution >= 0.6 is 0 Å². The maximum absolute atomic E-state index is 13.0. The molecule has 0 bridgehead atoms. The Labute approximate surface area is 151 Å². The van der Waals surface area contributed by atoms with Gasteiger partial charge in [0.05, 0.1) is 40.0 Å². The van der Waals surface area contributed by atoms with Gasteiger partial charge in [-0.3, -0.25) is 14.4 Å². The fourth-order valence-corrected chi connectivity index (χ4v) is 6.51. The second-order valence-corrected chi connectivity index (χ2v) is 10.2. The molecule has 4 atom stereocenters. The van der Waals surface area contributed by atoms with Crippen LogP contribution in [0.15, 0.2) is 24.3 Å². The molecule has 2 N–H and O–H groups in total. The first-order valence-electron chi connectivity index (χ1n) is 8.55. The lowest BCUT2D eigenvalue weighted by Gasteiger charge is -2.24. The number of carbonyl (C=O) groups is 3. The minimum atomic E-state index is -3.17. The molecule has 0 radical (unpaired) electrons. The molecule has 2 aliphatic heterocycles. The summed E-state index contributed by atoms with van der Waals surface area (Å²) < 4.78 is 23.5. The van der Waals surface area contributed by atoms with E-state index in [0.717, 1.165) is 0 Å². The summed E-state index contributed by atoms with van der Waals surface area (Å²) in [4.78, 5) is 38.4. The van der Waals surface area contributed by atoms with Crippen LogP contribution in [0.2, 0.25) is 0 Å². The van der Waals surface area contributed by atoms with Crippen molar-refractivity contribution >= 4 is 33.1 Å². The van der Waals surface area contributed by atoms with Crippen molar-refractivity contribution in [2.45, 2.75) is 25.8 Å². The monoisotopic (exact) mass is 376 g/mol. The number of ketones is 1. The number of sulfone groups is 1. The average molecular weight is 376 g/mol. The summed E-state index contributed by atoms with van der Waals surface area (Å²) in [7, 11) is -3.17. The van der Waals surface area contributed by atoms with Crippen molar-refractivity contribution in [2.75, 3.05) is 16.8 Å². The zero-order valence-electron chi connectivity index (χ0n) is 14.5. The van der Waals surface area contributed by atoms with Gasteiger partial charge in [-0.25, -0.2) is 8.42 Å². The topological polar surface area (TPSA) is 109 Å². The van der Waals surface area contributed by atoms with E-state index in [4.69, 9.17) is 0 Å². The van der Waals surface area contributed by atoms with E-state index in [9.17, 15) is 22.8 Å². The number of hydrogen-bond acceptors (Lipinski definition) is 5. The van der Waals surface area contributed by atoms with Gasteiger partial charge < -0.3 is 10.6 Å². The number of Topliss-reactive ketones (excluding diaryl/α,β-unsaturated/α-hetero) is 1. The van der Waals surface area contributed by atoms with Gasteiger partial charge in [-0.1, -0.05) is 19.1 Å². The van der Waals surface area contributed by atoms with Crippen LogP contribution in [0.3, 0.4) is 0 Å². The zero-order chi connectivity index (χ0) is 18.9. The van der Waals surface area contributed by atoms with Crippen LogP contribution in [0.1, 0.15) is 30.6 Å². The highest BCUT2D eigenvalue weighted by atomic mass is 32.2. The first-order valence-corrected chi connectivity index (χ1v) is 10.4. The third-order valence-corrected chi connectivity index (χ3v) is 7.83. The number of anilines is 1. The summed E-state index contributed by atoms with van der Waals surface area (Å²) in [5.41, 5.74) is -1.10. The molecule has 0 spiro atoms. The van der Waals surface area contributed by atoms with Gasteiger partial charge >= 0.3 is 0 Å². The summed E-state index contributed by atoms with van der Waals surface area (Å²) in [5, 5.41) is 5.52. The van der Waals surface area contributed by atoms with Crippen LogP contribution in [0, 0.1) is 17.3 Å². The quantitative estimate of drug-likeness (QED) is 0.792. The number of benzene rings is 1. The Kier molecular flexibility index (Phi) is 3.41. The highest BCUT2D eigenvalue weighted by Gasteiger charge is 2.73. The summed E-state index contributed by atoms with van der Waals surface area (Å²) in [6.45, 7) is 3.33. The average Bonchev–Trinajstić information content (AvgIpc) is 3.11. The molecule has 3 aliphatic rings. The molecular formula is C18H20N2O5S. The molecule has 1 saturated heterocycles. The smallest absolute Gasteiger partial charge is 0.229 e. The number of carbonyl (C=O) groups excluding carboxylic acids is 3.